The molecule has 0 unspecified atom stereocenters. The van der Waals surface area contributed by atoms with Crippen LogP contribution >= 0.6 is 0 Å². The standard InChI is InChI=1S/C25H24N2O4/c1-14-22-23(15-7-5-4-6-8-15)24-19(26-25(22)31-27-14)11-16(12-20(24)28)18-13-17(29-2)9-10-21(18)30-3/h4-10,13,16,23,26H,11-12H2,1-3H3/t16-,23+/m0/s1. The van der Waals surface area contributed by atoms with Crippen molar-refractivity contribution in [1.29, 1.82) is 0 Å². The second-order valence-electron chi connectivity index (χ2n) is 8.01. The van der Waals surface area contributed by atoms with Crippen molar-refractivity contribution >= 4 is 11.7 Å². The molecule has 6 nitrogen and oxygen atoms in total. The monoisotopic (exact) mass is 416 g/mol. The number of allylic oxidation sites excluding steroid dienone is 2. The van der Waals surface area contributed by atoms with Gasteiger partial charge < -0.3 is 19.3 Å². The van der Waals surface area contributed by atoms with Crippen LogP contribution in [0.3, 0.4) is 0 Å². The van der Waals surface area contributed by atoms with Gasteiger partial charge in [-0.1, -0.05) is 35.5 Å². The number of benzene rings is 2. The summed E-state index contributed by atoms with van der Waals surface area (Å²) in [6, 6.07) is 15.8. The van der Waals surface area contributed by atoms with Crippen molar-refractivity contribution in [2.24, 2.45) is 0 Å². The molecule has 5 rings (SSSR count). The topological polar surface area (TPSA) is 73.6 Å². The lowest BCUT2D eigenvalue weighted by Crippen LogP contribution is -2.29. The van der Waals surface area contributed by atoms with Gasteiger partial charge in [0.2, 0.25) is 5.88 Å². The van der Waals surface area contributed by atoms with Crippen LogP contribution in [0.1, 0.15) is 47.1 Å². The Hall–Kier alpha value is -3.54. The van der Waals surface area contributed by atoms with Crippen LogP contribution in [0.5, 0.6) is 11.5 Å². The summed E-state index contributed by atoms with van der Waals surface area (Å²) in [5.74, 6) is 2.05. The number of hydrogen-bond acceptors (Lipinski definition) is 6. The molecule has 31 heavy (non-hydrogen) atoms. The van der Waals surface area contributed by atoms with Crippen LogP contribution < -0.4 is 14.8 Å². The number of aromatic nitrogens is 1. The number of carbonyl (C=O) groups excluding carboxylic acids is 1. The van der Waals surface area contributed by atoms with Crippen LogP contribution in [0, 0.1) is 6.92 Å². The van der Waals surface area contributed by atoms with Crippen molar-refractivity contribution in [3.05, 3.63) is 82.2 Å². The molecule has 2 aromatic carbocycles. The number of hydrogen-bond donors (Lipinski definition) is 1. The maximum Gasteiger partial charge on any atom is 0.233 e. The lowest BCUT2D eigenvalue weighted by atomic mass is 9.72. The van der Waals surface area contributed by atoms with E-state index < -0.39 is 0 Å². The van der Waals surface area contributed by atoms with Crippen LogP contribution in [0.2, 0.25) is 0 Å². The summed E-state index contributed by atoms with van der Waals surface area (Å²) in [6.07, 6.45) is 1.08. The minimum Gasteiger partial charge on any atom is -0.497 e. The Morgan fingerprint density at radius 3 is 2.61 bits per heavy atom. The molecule has 0 radical (unpaired) electrons. The Morgan fingerprint density at radius 2 is 1.87 bits per heavy atom. The molecule has 1 aromatic heterocycles. The molecule has 0 bridgehead atoms. The van der Waals surface area contributed by atoms with E-state index >= 15 is 0 Å². The molecule has 0 fully saturated rings. The molecule has 0 saturated carbocycles. The van der Waals surface area contributed by atoms with Crippen LogP contribution in [0.4, 0.5) is 5.88 Å². The van der Waals surface area contributed by atoms with Crippen molar-refractivity contribution in [3.63, 3.8) is 0 Å². The third kappa shape index (κ3) is 3.19. The number of fused-ring (bicyclic) bond motifs is 1. The largest absolute Gasteiger partial charge is 0.497 e. The lowest BCUT2D eigenvalue weighted by Gasteiger charge is -2.34. The summed E-state index contributed by atoms with van der Waals surface area (Å²) >= 11 is 0. The number of carbonyl (C=O) groups is 1. The highest BCUT2D eigenvalue weighted by Crippen LogP contribution is 2.50. The molecule has 2 aliphatic rings. The first-order valence-electron chi connectivity index (χ1n) is 10.4. The van der Waals surface area contributed by atoms with E-state index in [1.165, 1.54) is 0 Å². The zero-order valence-electron chi connectivity index (χ0n) is 17.8. The van der Waals surface area contributed by atoms with E-state index in [9.17, 15) is 4.79 Å². The van der Waals surface area contributed by atoms with Crippen LogP contribution in [-0.4, -0.2) is 25.2 Å². The number of anilines is 1. The molecule has 0 saturated heterocycles. The highest BCUT2D eigenvalue weighted by atomic mass is 16.5. The average Bonchev–Trinajstić information content (AvgIpc) is 3.17. The number of ketones is 1. The zero-order chi connectivity index (χ0) is 21.5. The quantitative estimate of drug-likeness (QED) is 0.648. The Kier molecular flexibility index (Phi) is 4.77. The van der Waals surface area contributed by atoms with Gasteiger partial charge in [0.15, 0.2) is 5.78 Å². The Balaban J connectivity index is 1.61. The summed E-state index contributed by atoms with van der Waals surface area (Å²) in [4.78, 5) is 13.6. The third-order valence-electron chi connectivity index (χ3n) is 6.27. The summed E-state index contributed by atoms with van der Waals surface area (Å²) in [6.45, 7) is 1.92. The van der Waals surface area contributed by atoms with E-state index in [0.29, 0.717) is 18.7 Å². The molecule has 158 valence electrons. The molecular formula is C25H24N2O4. The fourth-order valence-corrected chi connectivity index (χ4v) is 4.83. The minimum absolute atomic E-state index is 0.0224. The van der Waals surface area contributed by atoms with E-state index in [1.807, 2.05) is 43.3 Å². The van der Waals surface area contributed by atoms with Gasteiger partial charge in [0, 0.05) is 35.1 Å². The predicted octanol–water partition coefficient (Wildman–Crippen LogP) is 4.96. The Labute approximate surface area is 180 Å². The first kappa shape index (κ1) is 19.4. The van der Waals surface area contributed by atoms with Gasteiger partial charge >= 0.3 is 0 Å². The minimum atomic E-state index is -0.181. The smallest absolute Gasteiger partial charge is 0.233 e. The Bertz CT molecular complexity index is 1180. The van der Waals surface area contributed by atoms with E-state index in [-0.39, 0.29) is 17.6 Å². The number of ether oxygens (including phenoxy) is 2. The van der Waals surface area contributed by atoms with Crippen LogP contribution in [-0.2, 0) is 4.79 Å². The summed E-state index contributed by atoms with van der Waals surface area (Å²) in [5.41, 5.74) is 5.48. The number of rotatable bonds is 4. The maximum atomic E-state index is 13.6. The van der Waals surface area contributed by atoms with Crippen molar-refractivity contribution in [3.8, 4) is 11.5 Å². The lowest BCUT2D eigenvalue weighted by molar-refractivity contribution is -0.116. The van der Waals surface area contributed by atoms with E-state index in [0.717, 1.165) is 45.2 Å². The van der Waals surface area contributed by atoms with Crippen LogP contribution in [0.25, 0.3) is 0 Å². The molecular weight excluding hydrogens is 392 g/mol. The predicted molar refractivity (Wildman–Crippen MR) is 117 cm³/mol. The van der Waals surface area contributed by atoms with Gasteiger partial charge in [-0.2, -0.15) is 0 Å². The van der Waals surface area contributed by atoms with Gasteiger partial charge in [0.1, 0.15) is 11.5 Å². The molecule has 6 heteroatoms. The zero-order valence-corrected chi connectivity index (χ0v) is 17.8. The summed E-state index contributed by atoms with van der Waals surface area (Å²) in [5, 5.41) is 7.55. The second-order valence-corrected chi connectivity index (χ2v) is 8.01. The SMILES string of the molecule is COc1ccc(OC)c([C@@H]2CC(=O)C3=C(C2)Nc2onc(C)c2[C@H]3c2ccccc2)c1. The molecule has 0 amide bonds. The van der Waals surface area contributed by atoms with Gasteiger partial charge in [0.25, 0.3) is 0 Å². The van der Waals surface area contributed by atoms with Crippen molar-refractivity contribution in [2.45, 2.75) is 31.6 Å². The highest BCUT2D eigenvalue weighted by molar-refractivity contribution is 6.01. The number of nitrogens with one attached hydrogen (secondary N) is 1. The first-order chi connectivity index (χ1) is 15.1. The fraction of sp³-hybridized carbons (Fsp3) is 0.280. The molecule has 0 spiro atoms. The van der Waals surface area contributed by atoms with Gasteiger partial charge in [-0.3, -0.25) is 4.79 Å². The summed E-state index contributed by atoms with van der Waals surface area (Å²) < 4.78 is 16.6. The van der Waals surface area contributed by atoms with Gasteiger partial charge in [-0.15, -0.1) is 0 Å². The number of methoxy groups -OCH3 is 2. The van der Waals surface area contributed by atoms with Gasteiger partial charge in [-0.25, -0.2) is 0 Å². The number of nitrogens with zero attached hydrogens (tertiary/aromatic N) is 1. The van der Waals surface area contributed by atoms with Crippen molar-refractivity contribution < 1.29 is 18.8 Å². The summed E-state index contributed by atoms with van der Waals surface area (Å²) in [7, 11) is 3.29. The van der Waals surface area contributed by atoms with Crippen molar-refractivity contribution in [2.75, 3.05) is 19.5 Å². The highest BCUT2D eigenvalue weighted by Gasteiger charge is 2.41. The average molecular weight is 416 g/mol. The maximum absolute atomic E-state index is 13.6. The molecule has 2 heterocycles. The number of aryl methyl sites for hydroxylation is 1. The number of Topliss-reactive ketones (excluding diaryl/α,β-unsaturated/α-hetero) is 1. The van der Waals surface area contributed by atoms with Crippen molar-refractivity contribution in [1.82, 2.24) is 5.16 Å². The molecule has 1 aliphatic heterocycles. The fourth-order valence-electron chi connectivity index (χ4n) is 4.83. The Morgan fingerprint density at radius 1 is 1.06 bits per heavy atom. The molecule has 1 N–H and O–H groups in total. The van der Waals surface area contributed by atoms with E-state index in [4.69, 9.17) is 14.0 Å². The normalized spacial score (nSPS) is 20.0. The first-order valence-corrected chi connectivity index (χ1v) is 10.4. The van der Waals surface area contributed by atoms with Crippen LogP contribution in [0.15, 0.2) is 64.3 Å². The third-order valence-corrected chi connectivity index (χ3v) is 6.27. The van der Waals surface area contributed by atoms with Gasteiger partial charge in [0.05, 0.1) is 25.5 Å². The molecule has 2 atom stereocenters. The second kappa shape index (κ2) is 7.61. The molecule has 3 aromatic rings. The molecule has 1 aliphatic carbocycles. The van der Waals surface area contributed by atoms with Gasteiger partial charge in [-0.05, 0) is 37.1 Å². The van der Waals surface area contributed by atoms with E-state index in [1.54, 1.807) is 14.2 Å². The van der Waals surface area contributed by atoms with E-state index in [2.05, 4.69) is 22.6 Å².